The summed E-state index contributed by atoms with van der Waals surface area (Å²) in [6.07, 6.45) is 9.38. The lowest BCUT2D eigenvalue weighted by molar-refractivity contribution is -0.142. The second-order valence-electron chi connectivity index (χ2n) is 15.4. The van der Waals surface area contributed by atoms with Gasteiger partial charge in [-0.1, -0.05) is 68.9 Å². The van der Waals surface area contributed by atoms with Crippen LogP contribution in [-0.2, 0) is 27.4 Å². The highest BCUT2D eigenvalue weighted by atomic mass is 19.1. The van der Waals surface area contributed by atoms with E-state index >= 15 is 0 Å². The van der Waals surface area contributed by atoms with Crippen molar-refractivity contribution in [2.75, 3.05) is 45.9 Å². The predicted octanol–water partition coefficient (Wildman–Crippen LogP) is 3.35. The van der Waals surface area contributed by atoms with Crippen LogP contribution in [0.5, 0.6) is 0 Å². The van der Waals surface area contributed by atoms with E-state index in [-0.39, 0.29) is 53.8 Å². The van der Waals surface area contributed by atoms with E-state index in [0.717, 1.165) is 43.6 Å². The highest BCUT2D eigenvalue weighted by molar-refractivity contribution is 5.79. The van der Waals surface area contributed by atoms with Crippen LogP contribution < -0.4 is 21.9 Å². The molecule has 4 saturated heterocycles. The number of nitrogens with zero attached hydrogens (tertiary/aromatic N) is 3. The summed E-state index contributed by atoms with van der Waals surface area (Å²) in [6, 6.07) is 13.4. The molecule has 4 heterocycles. The number of benzene rings is 2. The first-order valence-electron chi connectivity index (χ1n) is 19.1. The molecule has 7 rings (SSSR count). The first-order chi connectivity index (χ1) is 24.3. The minimum atomic E-state index is -0.220. The highest BCUT2D eigenvalue weighted by Crippen LogP contribution is 2.42. The van der Waals surface area contributed by atoms with Crippen LogP contribution in [0, 0.1) is 19.7 Å². The number of hydrogen-bond acceptors (Lipinski definition) is 9. The van der Waals surface area contributed by atoms with Crippen LogP contribution in [0.4, 0.5) is 4.39 Å². The third-order valence-electron chi connectivity index (χ3n) is 12.2. The van der Waals surface area contributed by atoms with Crippen molar-refractivity contribution < 1.29 is 18.7 Å². The zero-order valence-electron chi connectivity index (χ0n) is 30.0. The van der Waals surface area contributed by atoms with E-state index in [4.69, 9.17) is 15.2 Å². The second-order valence-corrected chi connectivity index (χ2v) is 15.4. The fraction of sp³-hybridized carbons (Fsp3) is 0.667. The molecule has 6 unspecified atom stereocenters. The van der Waals surface area contributed by atoms with Crippen molar-refractivity contribution >= 4 is 5.91 Å². The molecule has 5 aliphatic rings. The van der Waals surface area contributed by atoms with E-state index < -0.39 is 0 Å². The van der Waals surface area contributed by atoms with Gasteiger partial charge in [0.1, 0.15) is 18.1 Å². The Morgan fingerprint density at radius 3 is 2.50 bits per heavy atom. The summed E-state index contributed by atoms with van der Waals surface area (Å²) in [6.45, 7) is 9.83. The first kappa shape index (κ1) is 35.9. The molecule has 2 aromatic rings. The number of aryl methyl sites for hydroxylation is 2. The van der Waals surface area contributed by atoms with Gasteiger partial charge in [0.15, 0.2) is 0 Å². The molecule has 11 heteroatoms. The SMILES string of the molecule is Cc1cc(F)ccc1CNC(CN)C1CN(C2C3OC3NNC3(CCCCCCCC3)C2N2CCN(Cc3ccccc3C)C(=O)C2)CCO1. The van der Waals surface area contributed by atoms with Gasteiger partial charge in [0.2, 0.25) is 5.91 Å². The number of ether oxygens (including phenoxy) is 2. The van der Waals surface area contributed by atoms with Gasteiger partial charge in [-0.05, 0) is 61.1 Å². The number of hydrazine groups is 1. The molecule has 1 aliphatic carbocycles. The summed E-state index contributed by atoms with van der Waals surface area (Å²) in [5.41, 5.74) is 18.2. The summed E-state index contributed by atoms with van der Waals surface area (Å²) in [7, 11) is 0. The van der Waals surface area contributed by atoms with Gasteiger partial charge in [0.25, 0.3) is 0 Å². The molecule has 1 spiro atoms. The van der Waals surface area contributed by atoms with Crippen LogP contribution in [0.1, 0.15) is 73.6 Å². The molecular weight excluding hydrogens is 633 g/mol. The zero-order valence-corrected chi connectivity index (χ0v) is 30.0. The number of carbonyl (C=O) groups is 1. The third kappa shape index (κ3) is 7.95. The molecule has 1 saturated carbocycles. The molecule has 1 amide bonds. The van der Waals surface area contributed by atoms with Crippen molar-refractivity contribution in [2.45, 2.75) is 120 Å². The smallest absolute Gasteiger partial charge is 0.237 e. The number of nitrogens with two attached hydrogens (primary N) is 1. The van der Waals surface area contributed by atoms with Crippen molar-refractivity contribution in [3.05, 3.63) is 70.5 Å². The molecule has 50 heavy (non-hydrogen) atoms. The minimum absolute atomic E-state index is 0.0181. The Balaban J connectivity index is 1.14. The summed E-state index contributed by atoms with van der Waals surface area (Å²) in [5, 5.41) is 3.65. The summed E-state index contributed by atoms with van der Waals surface area (Å²) in [5.74, 6) is -0.0206. The van der Waals surface area contributed by atoms with Crippen LogP contribution in [-0.4, -0.2) is 109 Å². The fourth-order valence-corrected chi connectivity index (χ4v) is 9.20. The largest absolute Gasteiger partial charge is 0.374 e. The van der Waals surface area contributed by atoms with Gasteiger partial charge < -0.3 is 25.4 Å². The number of fused-ring (bicyclic) bond motifs is 1. The molecule has 2 aromatic carbocycles. The Morgan fingerprint density at radius 1 is 0.980 bits per heavy atom. The molecule has 4 aliphatic heterocycles. The number of carbonyl (C=O) groups excluding carboxylic acids is 1. The number of rotatable bonds is 9. The van der Waals surface area contributed by atoms with E-state index in [9.17, 15) is 9.18 Å². The van der Waals surface area contributed by atoms with Crippen LogP contribution in [0.2, 0.25) is 0 Å². The predicted molar refractivity (Wildman–Crippen MR) is 192 cm³/mol. The topological polar surface area (TPSA) is 111 Å². The van der Waals surface area contributed by atoms with Gasteiger partial charge in [0, 0.05) is 63.4 Å². The van der Waals surface area contributed by atoms with Gasteiger partial charge in [-0.15, -0.1) is 0 Å². The number of halogens is 1. The van der Waals surface area contributed by atoms with Crippen molar-refractivity contribution in [3.63, 3.8) is 0 Å². The Labute approximate surface area is 297 Å². The third-order valence-corrected chi connectivity index (χ3v) is 12.2. The van der Waals surface area contributed by atoms with E-state index in [2.05, 4.69) is 57.2 Å². The second kappa shape index (κ2) is 16.0. The van der Waals surface area contributed by atoms with Crippen molar-refractivity contribution in [1.82, 2.24) is 30.9 Å². The van der Waals surface area contributed by atoms with Crippen LogP contribution >= 0.6 is 0 Å². The summed E-state index contributed by atoms with van der Waals surface area (Å²) < 4.78 is 26.6. The van der Waals surface area contributed by atoms with Crippen LogP contribution in [0.3, 0.4) is 0 Å². The zero-order chi connectivity index (χ0) is 34.7. The molecular formula is C39H58FN7O3. The standard InChI is InChI=1S/C39H58FN7O3/c1-27-11-7-8-12-30(27)24-45-17-18-47(26-34(45)48)37-35(36-38(50-36)43-44-39(37)15-9-5-3-4-6-10-16-39)46-19-20-49-33(25-46)32(22-41)42-23-29-13-14-31(40)21-28(29)2/h7-8,11-14,21,32-33,35-38,42-44H,3-6,9-10,15-20,22-26,41H2,1-2H3. The number of morpholine rings is 1. The lowest BCUT2D eigenvalue weighted by Gasteiger charge is -2.54. The van der Waals surface area contributed by atoms with E-state index in [0.29, 0.717) is 39.3 Å². The van der Waals surface area contributed by atoms with Gasteiger partial charge in [-0.25, -0.2) is 15.2 Å². The fourth-order valence-electron chi connectivity index (χ4n) is 9.20. The Kier molecular flexibility index (Phi) is 11.5. The monoisotopic (exact) mass is 691 g/mol. The van der Waals surface area contributed by atoms with Crippen molar-refractivity contribution in [1.29, 1.82) is 0 Å². The highest BCUT2D eigenvalue weighted by Gasteiger charge is 2.61. The quantitative estimate of drug-likeness (QED) is 0.295. The molecule has 10 nitrogen and oxygen atoms in total. The first-order valence-corrected chi connectivity index (χ1v) is 19.1. The average molecular weight is 692 g/mol. The number of epoxide rings is 1. The number of amides is 1. The molecule has 0 radical (unpaired) electrons. The van der Waals surface area contributed by atoms with Crippen molar-refractivity contribution in [2.24, 2.45) is 5.73 Å². The molecule has 5 N–H and O–H groups in total. The molecule has 0 aromatic heterocycles. The number of hydrogen-bond donors (Lipinski definition) is 4. The van der Waals surface area contributed by atoms with Crippen LogP contribution in [0.15, 0.2) is 42.5 Å². The normalized spacial score (nSPS) is 30.2. The Morgan fingerprint density at radius 2 is 1.76 bits per heavy atom. The van der Waals surface area contributed by atoms with Gasteiger partial charge in [-0.3, -0.25) is 14.6 Å². The van der Waals surface area contributed by atoms with Crippen molar-refractivity contribution in [3.8, 4) is 0 Å². The van der Waals surface area contributed by atoms with Gasteiger partial charge >= 0.3 is 0 Å². The molecule has 6 atom stereocenters. The van der Waals surface area contributed by atoms with E-state index in [1.165, 1.54) is 55.7 Å². The maximum absolute atomic E-state index is 14.0. The number of nitrogens with one attached hydrogen (secondary N) is 3. The molecule has 274 valence electrons. The van der Waals surface area contributed by atoms with Crippen LogP contribution in [0.25, 0.3) is 0 Å². The van der Waals surface area contributed by atoms with E-state index in [1.807, 2.05) is 17.9 Å². The molecule has 5 fully saturated rings. The lowest BCUT2D eigenvalue weighted by atomic mass is 9.75. The average Bonchev–Trinajstić information content (AvgIpc) is 3.88. The maximum Gasteiger partial charge on any atom is 0.237 e. The number of piperazine rings is 1. The van der Waals surface area contributed by atoms with Gasteiger partial charge in [0.05, 0.1) is 25.3 Å². The van der Waals surface area contributed by atoms with E-state index in [1.54, 1.807) is 6.07 Å². The summed E-state index contributed by atoms with van der Waals surface area (Å²) >= 11 is 0. The Hall–Kier alpha value is -2.48. The Bertz CT molecular complexity index is 1450. The lowest BCUT2D eigenvalue weighted by Crippen LogP contribution is -2.72. The maximum atomic E-state index is 14.0. The van der Waals surface area contributed by atoms with Gasteiger partial charge in [-0.2, -0.15) is 0 Å². The molecule has 0 bridgehead atoms. The summed E-state index contributed by atoms with van der Waals surface area (Å²) in [4.78, 5) is 21.2. The minimum Gasteiger partial charge on any atom is -0.374 e.